The maximum Gasteiger partial charge on any atom is 2.00 e. The number of ether oxygens (including phenoxy) is 1. The van der Waals surface area contributed by atoms with Gasteiger partial charge in [-0.3, -0.25) is 4.68 Å². The maximum absolute atomic E-state index is 6.22. The fraction of sp³-hybridized carbons (Fsp3) is 0.103. The van der Waals surface area contributed by atoms with E-state index in [-0.39, 0.29) is 21.1 Å². The topological polar surface area (TPSA) is 44.9 Å². The Morgan fingerprint density at radius 2 is 1.63 bits per heavy atom. The second-order valence-corrected chi connectivity index (χ2v) is 8.47. The molecule has 0 unspecified atom stereocenters. The number of hydrogen-bond acceptors (Lipinski definition) is 3. The van der Waals surface area contributed by atoms with Crippen LogP contribution in [0.4, 0.5) is 0 Å². The smallest absolute Gasteiger partial charge is 0.509 e. The van der Waals surface area contributed by atoms with Crippen LogP contribution in [0.3, 0.4) is 0 Å². The van der Waals surface area contributed by atoms with E-state index in [4.69, 9.17) is 4.74 Å². The molecule has 6 rings (SSSR count). The fourth-order valence-electron chi connectivity index (χ4n) is 4.42. The first kappa shape index (κ1) is 23.1. The van der Waals surface area contributed by atoms with Crippen LogP contribution in [0.2, 0.25) is 0 Å². The first-order valence-corrected chi connectivity index (χ1v) is 11.2. The quantitative estimate of drug-likeness (QED) is 0.203. The summed E-state index contributed by atoms with van der Waals surface area (Å²) >= 11 is 0. The van der Waals surface area contributed by atoms with E-state index in [2.05, 4.69) is 64.0 Å². The molecule has 0 N–H and O–H groups in total. The zero-order valence-electron chi connectivity index (χ0n) is 19.5. The first-order valence-electron chi connectivity index (χ1n) is 11.2. The van der Waals surface area contributed by atoms with Gasteiger partial charge in [0.15, 0.2) is 0 Å². The molecule has 5 nitrogen and oxygen atoms in total. The van der Waals surface area contributed by atoms with Crippen LogP contribution in [0.15, 0.2) is 79.0 Å². The Balaban J connectivity index is 0.00000253. The van der Waals surface area contributed by atoms with Crippen molar-refractivity contribution in [3.63, 3.8) is 0 Å². The molecule has 6 heteroatoms. The van der Waals surface area contributed by atoms with Gasteiger partial charge in [0.2, 0.25) is 0 Å². The summed E-state index contributed by atoms with van der Waals surface area (Å²) in [5.74, 6) is 2.08. The van der Waals surface area contributed by atoms with Crippen molar-refractivity contribution in [2.45, 2.75) is 20.8 Å². The number of hydrogen-bond donors (Lipinski definition) is 0. The van der Waals surface area contributed by atoms with Gasteiger partial charge in [-0.2, -0.15) is 17.2 Å². The molecule has 0 spiro atoms. The van der Waals surface area contributed by atoms with Crippen LogP contribution in [0.1, 0.15) is 17.0 Å². The van der Waals surface area contributed by atoms with Crippen molar-refractivity contribution in [3.05, 3.63) is 108 Å². The van der Waals surface area contributed by atoms with E-state index in [0.717, 1.165) is 50.3 Å². The molecular weight excluding hydrogens is 615 g/mol. The average molecular weight is 638 g/mol. The van der Waals surface area contributed by atoms with Crippen LogP contribution in [-0.4, -0.2) is 19.3 Å². The molecular formula is C29H22N4OPt. The molecule has 0 saturated heterocycles. The van der Waals surface area contributed by atoms with E-state index in [1.165, 1.54) is 0 Å². The zero-order valence-corrected chi connectivity index (χ0v) is 21.8. The summed E-state index contributed by atoms with van der Waals surface area (Å²) in [4.78, 5) is 4.64. The van der Waals surface area contributed by atoms with Crippen LogP contribution < -0.4 is 4.74 Å². The van der Waals surface area contributed by atoms with Crippen LogP contribution in [0, 0.1) is 32.9 Å². The minimum Gasteiger partial charge on any atom is -0.509 e. The van der Waals surface area contributed by atoms with Gasteiger partial charge < -0.3 is 9.30 Å². The predicted molar refractivity (Wildman–Crippen MR) is 134 cm³/mol. The van der Waals surface area contributed by atoms with Crippen molar-refractivity contribution in [3.8, 4) is 23.0 Å². The van der Waals surface area contributed by atoms with Crippen molar-refractivity contribution in [2.75, 3.05) is 0 Å². The second-order valence-electron chi connectivity index (χ2n) is 8.47. The third-order valence-electron chi connectivity index (χ3n) is 5.90. The Morgan fingerprint density at radius 1 is 0.800 bits per heavy atom. The van der Waals surface area contributed by atoms with Crippen molar-refractivity contribution in [1.82, 2.24) is 19.3 Å². The van der Waals surface area contributed by atoms with Gasteiger partial charge in [0, 0.05) is 28.9 Å². The van der Waals surface area contributed by atoms with Crippen molar-refractivity contribution in [1.29, 1.82) is 0 Å². The van der Waals surface area contributed by atoms with E-state index in [0.29, 0.717) is 11.5 Å². The number of pyridine rings is 1. The largest absolute Gasteiger partial charge is 2.00 e. The van der Waals surface area contributed by atoms with Crippen molar-refractivity contribution >= 4 is 21.8 Å². The molecule has 35 heavy (non-hydrogen) atoms. The molecule has 0 amide bonds. The molecule has 0 bridgehead atoms. The third kappa shape index (κ3) is 4.17. The molecule has 0 radical (unpaired) electrons. The summed E-state index contributed by atoms with van der Waals surface area (Å²) in [6.07, 6.45) is 1.84. The number of benzene rings is 3. The number of para-hydroxylation sites is 1. The normalized spacial score (nSPS) is 11.1. The number of aromatic nitrogens is 4. The molecule has 3 heterocycles. The van der Waals surface area contributed by atoms with E-state index < -0.39 is 0 Å². The minimum atomic E-state index is 0. The standard InChI is InChI=1S/C29H22N4O.Pt/c1-19-13-14-30-29(15-19)32-27-10-5-4-9-25(27)26-12-11-24(18-28(26)32)34-23-8-6-7-22(17-23)33-21(3)16-20(2)31-33;/h4-16H,1-3H3;/q-2;+2. The molecule has 0 aliphatic heterocycles. The Hall–Kier alpha value is -3.69. The molecule has 174 valence electrons. The summed E-state index contributed by atoms with van der Waals surface area (Å²) in [5, 5.41) is 6.82. The Kier molecular flexibility index (Phi) is 6.04. The first-order chi connectivity index (χ1) is 16.6. The van der Waals surface area contributed by atoms with E-state index in [1.807, 2.05) is 67.2 Å². The maximum atomic E-state index is 6.22. The molecule has 0 aliphatic carbocycles. The molecule has 0 atom stereocenters. The van der Waals surface area contributed by atoms with Gasteiger partial charge in [0.05, 0.1) is 5.69 Å². The van der Waals surface area contributed by atoms with Gasteiger partial charge in [0.1, 0.15) is 5.82 Å². The van der Waals surface area contributed by atoms with Crippen LogP contribution in [0.5, 0.6) is 11.5 Å². The van der Waals surface area contributed by atoms with Gasteiger partial charge in [0.25, 0.3) is 0 Å². The van der Waals surface area contributed by atoms with Gasteiger partial charge in [-0.1, -0.05) is 23.7 Å². The third-order valence-corrected chi connectivity index (χ3v) is 5.90. The van der Waals surface area contributed by atoms with E-state index in [1.54, 1.807) is 0 Å². The van der Waals surface area contributed by atoms with Gasteiger partial charge in [-0.15, -0.1) is 35.7 Å². The number of aryl methyl sites for hydroxylation is 3. The summed E-state index contributed by atoms with van der Waals surface area (Å²) in [5.41, 5.74) is 6.01. The predicted octanol–water partition coefficient (Wildman–Crippen LogP) is 6.68. The van der Waals surface area contributed by atoms with Gasteiger partial charge >= 0.3 is 21.1 Å². The number of fused-ring (bicyclic) bond motifs is 3. The summed E-state index contributed by atoms with van der Waals surface area (Å²) in [6, 6.07) is 31.1. The van der Waals surface area contributed by atoms with E-state index >= 15 is 0 Å². The van der Waals surface area contributed by atoms with Crippen LogP contribution in [-0.2, 0) is 21.1 Å². The summed E-state index contributed by atoms with van der Waals surface area (Å²) in [7, 11) is 0. The van der Waals surface area contributed by atoms with Crippen LogP contribution >= 0.6 is 0 Å². The monoisotopic (exact) mass is 637 g/mol. The molecule has 6 aromatic rings. The summed E-state index contributed by atoms with van der Waals surface area (Å²) < 4.78 is 10.2. The zero-order chi connectivity index (χ0) is 23.2. The van der Waals surface area contributed by atoms with Crippen molar-refractivity contribution in [2.24, 2.45) is 0 Å². The van der Waals surface area contributed by atoms with Gasteiger partial charge in [-0.25, -0.2) is 4.98 Å². The molecule has 3 aromatic carbocycles. The molecule has 0 fully saturated rings. The molecule has 3 aromatic heterocycles. The molecule has 0 saturated carbocycles. The fourth-order valence-corrected chi connectivity index (χ4v) is 4.42. The second kappa shape index (κ2) is 9.16. The van der Waals surface area contributed by atoms with Crippen LogP contribution in [0.25, 0.3) is 33.3 Å². The van der Waals surface area contributed by atoms with Crippen molar-refractivity contribution < 1.29 is 25.8 Å². The molecule has 0 aliphatic rings. The SMILES string of the molecule is Cc1ccnc(-n2c3[c-]c(Oc4[c-]c(-n5nc(C)cc5C)ccc4)ccc3c3ccccc32)c1.[Pt+2]. The van der Waals surface area contributed by atoms with E-state index in [9.17, 15) is 0 Å². The summed E-state index contributed by atoms with van der Waals surface area (Å²) in [6.45, 7) is 6.08. The van der Waals surface area contributed by atoms with Gasteiger partial charge in [-0.05, 0) is 61.7 Å². The number of rotatable bonds is 4. The Morgan fingerprint density at radius 3 is 2.43 bits per heavy atom. The number of nitrogens with zero attached hydrogens (tertiary/aromatic N) is 4. The average Bonchev–Trinajstić information content (AvgIpc) is 3.35. The Labute approximate surface area is 218 Å². The minimum absolute atomic E-state index is 0. The Bertz CT molecular complexity index is 1680.